The zero-order valence-electron chi connectivity index (χ0n) is 15.9. The van der Waals surface area contributed by atoms with E-state index in [1.165, 1.54) is 50.7 Å². The van der Waals surface area contributed by atoms with Gasteiger partial charge >= 0.3 is 0 Å². The van der Waals surface area contributed by atoms with Gasteiger partial charge in [-0.1, -0.05) is 12.1 Å². The number of benzene rings is 1. The van der Waals surface area contributed by atoms with E-state index < -0.39 is 10.0 Å². The van der Waals surface area contributed by atoms with Crippen molar-refractivity contribution < 1.29 is 18.5 Å². The van der Waals surface area contributed by atoms with E-state index in [1.54, 1.807) is 12.1 Å². The first-order chi connectivity index (χ1) is 12.7. The van der Waals surface area contributed by atoms with Crippen LogP contribution in [0.25, 0.3) is 0 Å². The largest absolute Gasteiger partial charge is 0.345 e. The Balaban J connectivity index is 1.32. The molecule has 4 aliphatic carbocycles. The molecule has 4 bridgehead atoms. The Morgan fingerprint density at radius 3 is 2.15 bits per heavy atom. The van der Waals surface area contributed by atoms with E-state index in [0.29, 0.717) is 12.1 Å². The summed E-state index contributed by atoms with van der Waals surface area (Å²) in [6.45, 7) is 2.38. The van der Waals surface area contributed by atoms with Crippen LogP contribution < -0.4 is 15.8 Å². The monoisotopic (exact) mass is 392 g/mol. The number of rotatable bonds is 6. The SMILES string of the molecule is C[C@H](NC(=O)C[NH2+]C12CC3CC(CC(C3)C1)C2)c1ccc(S(N)(=O)=O)cc1. The zero-order chi connectivity index (χ0) is 19.2. The molecule has 0 aliphatic heterocycles. The van der Waals surface area contributed by atoms with Gasteiger partial charge in [0.15, 0.2) is 6.54 Å². The maximum atomic E-state index is 12.5. The van der Waals surface area contributed by atoms with Crippen molar-refractivity contribution in [2.75, 3.05) is 6.54 Å². The molecule has 5 rings (SSSR count). The van der Waals surface area contributed by atoms with Gasteiger partial charge in [0.25, 0.3) is 5.91 Å². The molecule has 0 heterocycles. The van der Waals surface area contributed by atoms with Crippen LogP contribution in [0, 0.1) is 17.8 Å². The van der Waals surface area contributed by atoms with Crippen LogP contribution in [0.2, 0.25) is 0 Å². The van der Waals surface area contributed by atoms with E-state index >= 15 is 0 Å². The van der Waals surface area contributed by atoms with Crippen molar-refractivity contribution >= 4 is 15.9 Å². The molecule has 1 atom stereocenters. The Morgan fingerprint density at radius 1 is 1.15 bits per heavy atom. The standard InChI is InChI=1S/C20H29N3O3S/c1-13(17-2-4-18(5-3-17)27(21,25)26)23-19(24)12-22-20-9-14-6-15(10-20)8-16(7-14)11-20/h2-5,13-16,22H,6-12H2,1H3,(H,23,24)(H2,21,25,26)/p+1/t13-,14?,15?,16?,20?/m0/s1. The minimum Gasteiger partial charge on any atom is -0.345 e. The molecule has 0 unspecified atom stereocenters. The van der Waals surface area contributed by atoms with Gasteiger partial charge in [0.2, 0.25) is 10.0 Å². The maximum Gasteiger partial charge on any atom is 0.275 e. The molecular formula is C20H30N3O3S+. The minimum atomic E-state index is -3.69. The molecule has 4 fully saturated rings. The second-order valence-electron chi connectivity index (χ2n) is 9.09. The Morgan fingerprint density at radius 2 is 1.67 bits per heavy atom. The quantitative estimate of drug-likeness (QED) is 0.673. The summed E-state index contributed by atoms with van der Waals surface area (Å²) in [5.74, 6) is 2.68. The predicted octanol–water partition coefficient (Wildman–Crippen LogP) is 1.04. The second-order valence-corrected chi connectivity index (χ2v) is 10.7. The molecule has 148 valence electrons. The number of carbonyl (C=O) groups is 1. The zero-order valence-corrected chi connectivity index (χ0v) is 16.7. The Bertz CT molecular complexity index is 784. The smallest absolute Gasteiger partial charge is 0.275 e. The average Bonchev–Trinajstić information content (AvgIpc) is 2.58. The van der Waals surface area contributed by atoms with E-state index in [2.05, 4.69) is 10.6 Å². The van der Waals surface area contributed by atoms with Gasteiger partial charge in [-0.15, -0.1) is 0 Å². The number of hydrogen-bond acceptors (Lipinski definition) is 3. The van der Waals surface area contributed by atoms with E-state index in [0.717, 1.165) is 23.3 Å². The van der Waals surface area contributed by atoms with E-state index in [9.17, 15) is 13.2 Å². The number of nitrogens with two attached hydrogens (primary N) is 2. The molecule has 1 aromatic rings. The van der Waals surface area contributed by atoms with Crippen LogP contribution in [0.1, 0.15) is 57.1 Å². The highest BCUT2D eigenvalue weighted by Gasteiger charge is 2.53. The van der Waals surface area contributed by atoms with Crippen molar-refractivity contribution in [2.45, 2.75) is 61.9 Å². The topological polar surface area (TPSA) is 106 Å². The lowest BCUT2D eigenvalue weighted by Crippen LogP contribution is -3.00. The van der Waals surface area contributed by atoms with Crippen LogP contribution in [0.4, 0.5) is 0 Å². The normalized spacial score (nSPS) is 33.0. The number of primary sulfonamides is 1. The third-order valence-electron chi connectivity index (χ3n) is 6.89. The number of hydrogen-bond donors (Lipinski definition) is 3. The Kier molecular flexibility index (Phi) is 4.81. The highest BCUT2D eigenvalue weighted by molar-refractivity contribution is 7.89. The summed E-state index contributed by atoms with van der Waals surface area (Å²) in [7, 11) is -3.69. The van der Waals surface area contributed by atoms with Crippen LogP contribution in [0.15, 0.2) is 29.2 Å². The van der Waals surface area contributed by atoms with Gasteiger partial charge in [0.1, 0.15) is 0 Å². The first-order valence-corrected chi connectivity index (χ1v) is 11.5. The summed E-state index contributed by atoms with van der Waals surface area (Å²) in [4.78, 5) is 12.6. The molecule has 27 heavy (non-hydrogen) atoms. The fourth-order valence-corrected chi connectivity index (χ4v) is 6.58. The number of nitrogens with one attached hydrogen (secondary N) is 1. The number of quaternary nitrogens is 1. The lowest BCUT2D eigenvalue weighted by molar-refractivity contribution is -0.730. The summed E-state index contributed by atoms with van der Waals surface area (Å²) in [5.41, 5.74) is 1.16. The Hall–Kier alpha value is -1.44. The fraction of sp³-hybridized carbons (Fsp3) is 0.650. The van der Waals surface area contributed by atoms with Gasteiger partial charge in [-0.2, -0.15) is 0 Å². The van der Waals surface area contributed by atoms with Crippen molar-refractivity contribution in [1.29, 1.82) is 0 Å². The molecule has 0 aromatic heterocycles. The second kappa shape index (κ2) is 6.87. The Labute approximate surface area is 161 Å². The summed E-state index contributed by atoms with van der Waals surface area (Å²) < 4.78 is 22.7. The minimum absolute atomic E-state index is 0.0359. The van der Waals surface area contributed by atoms with Crippen LogP contribution >= 0.6 is 0 Å². The summed E-state index contributed by atoms with van der Waals surface area (Å²) in [6, 6.07) is 6.20. The lowest BCUT2D eigenvalue weighted by atomic mass is 9.53. The van der Waals surface area contributed by atoms with Crippen molar-refractivity contribution in [3.8, 4) is 0 Å². The summed E-state index contributed by atoms with van der Waals surface area (Å²) in [6.07, 6.45) is 8.05. The van der Waals surface area contributed by atoms with Crippen LogP contribution in [-0.2, 0) is 14.8 Å². The van der Waals surface area contributed by atoms with Crippen molar-refractivity contribution in [3.63, 3.8) is 0 Å². The highest BCUT2D eigenvalue weighted by Crippen LogP contribution is 2.54. The molecule has 4 saturated carbocycles. The van der Waals surface area contributed by atoms with Gasteiger partial charge in [0.05, 0.1) is 16.5 Å². The fourth-order valence-electron chi connectivity index (χ4n) is 6.07. The molecule has 5 N–H and O–H groups in total. The maximum absolute atomic E-state index is 12.5. The van der Waals surface area contributed by atoms with Gasteiger partial charge < -0.3 is 10.6 Å². The molecule has 6 nitrogen and oxygen atoms in total. The van der Waals surface area contributed by atoms with Crippen LogP contribution in [0.3, 0.4) is 0 Å². The molecule has 1 amide bonds. The van der Waals surface area contributed by atoms with Crippen LogP contribution in [-0.4, -0.2) is 26.4 Å². The third-order valence-corrected chi connectivity index (χ3v) is 7.82. The van der Waals surface area contributed by atoms with Gasteiger partial charge in [-0.05, 0) is 61.6 Å². The molecule has 0 saturated heterocycles. The number of amides is 1. The third kappa shape index (κ3) is 4.05. The molecule has 0 radical (unpaired) electrons. The van der Waals surface area contributed by atoms with E-state index in [-0.39, 0.29) is 16.8 Å². The predicted molar refractivity (Wildman–Crippen MR) is 102 cm³/mol. The summed E-state index contributed by atoms with van der Waals surface area (Å²) >= 11 is 0. The first-order valence-electron chi connectivity index (χ1n) is 9.99. The van der Waals surface area contributed by atoms with Crippen molar-refractivity contribution in [3.05, 3.63) is 29.8 Å². The van der Waals surface area contributed by atoms with E-state index in [1.807, 2.05) is 6.92 Å². The average molecular weight is 393 g/mol. The number of carbonyl (C=O) groups excluding carboxylic acids is 1. The van der Waals surface area contributed by atoms with Crippen LogP contribution in [0.5, 0.6) is 0 Å². The van der Waals surface area contributed by atoms with Gasteiger partial charge in [-0.3, -0.25) is 4.79 Å². The summed E-state index contributed by atoms with van der Waals surface area (Å²) in [5, 5.41) is 10.5. The molecule has 4 aliphatic rings. The number of sulfonamides is 1. The molecule has 7 heteroatoms. The van der Waals surface area contributed by atoms with E-state index in [4.69, 9.17) is 5.14 Å². The molecule has 0 spiro atoms. The first kappa shape index (κ1) is 18.9. The molecule has 1 aromatic carbocycles. The molecular weight excluding hydrogens is 362 g/mol. The lowest BCUT2D eigenvalue weighted by Gasteiger charge is -2.54. The van der Waals surface area contributed by atoms with Crippen molar-refractivity contribution in [2.24, 2.45) is 22.9 Å². The van der Waals surface area contributed by atoms with Gasteiger partial charge in [-0.25, -0.2) is 13.6 Å². The van der Waals surface area contributed by atoms with Gasteiger partial charge in [0, 0.05) is 19.3 Å². The van der Waals surface area contributed by atoms with Crippen molar-refractivity contribution in [1.82, 2.24) is 5.32 Å². The highest BCUT2D eigenvalue weighted by atomic mass is 32.2.